The van der Waals surface area contributed by atoms with Crippen LogP contribution in [0.5, 0.6) is 0 Å². The van der Waals surface area contributed by atoms with Crippen molar-refractivity contribution in [1.82, 2.24) is 24.3 Å². The van der Waals surface area contributed by atoms with Crippen LogP contribution in [0.15, 0.2) is 18.7 Å². The maximum atomic E-state index is 5.42. The normalized spacial score (nSPS) is 10.6. The summed E-state index contributed by atoms with van der Waals surface area (Å²) in [5.41, 5.74) is 5.42. The van der Waals surface area contributed by atoms with E-state index in [9.17, 15) is 0 Å². The minimum absolute atomic E-state index is 0.220. The molecular formula is C9H12N6S. The van der Waals surface area contributed by atoms with Gasteiger partial charge in [-0.2, -0.15) is 0 Å². The molecule has 0 unspecified atom stereocenters. The number of hydrogen-bond acceptors (Lipinski definition) is 4. The Kier molecular flexibility index (Phi) is 2.95. The van der Waals surface area contributed by atoms with Gasteiger partial charge in [-0.1, -0.05) is 12.2 Å². The first-order chi connectivity index (χ1) is 7.66. The summed E-state index contributed by atoms with van der Waals surface area (Å²) in [5.74, 6) is 1.40. The van der Waals surface area contributed by atoms with Crippen LogP contribution in [0, 0.1) is 6.92 Å². The Morgan fingerprint density at radius 3 is 2.81 bits per heavy atom. The van der Waals surface area contributed by atoms with Crippen LogP contribution in [0.3, 0.4) is 0 Å². The summed E-state index contributed by atoms with van der Waals surface area (Å²) in [6.07, 6.45) is 5.33. The van der Waals surface area contributed by atoms with Crippen molar-refractivity contribution in [3.8, 4) is 0 Å². The molecule has 7 heteroatoms. The quantitative estimate of drug-likeness (QED) is 0.763. The second-order valence-electron chi connectivity index (χ2n) is 3.36. The van der Waals surface area contributed by atoms with E-state index in [-0.39, 0.29) is 4.99 Å². The number of imidazole rings is 1. The summed E-state index contributed by atoms with van der Waals surface area (Å²) in [4.78, 5) is 8.36. The number of rotatable bonds is 4. The van der Waals surface area contributed by atoms with E-state index in [1.807, 2.05) is 17.7 Å². The molecule has 16 heavy (non-hydrogen) atoms. The molecule has 0 saturated heterocycles. The standard InChI is InChI=1S/C9H12N6S/c1-7-11-2-3-14(7)4-5-15-6-12-9(13-15)8(10)16/h2-3,6H,4-5H2,1H3,(H2,10,16). The van der Waals surface area contributed by atoms with Gasteiger partial charge >= 0.3 is 0 Å². The Labute approximate surface area is 98.1 Å². The monoisotopic (exact) mass is 236 g/mol. The molecule has 0 amide bonds. The van der Waals surface area contributed by atoms with Gasteiger partial charge in [-0.15, -0.1) is 5.10 Å². The van der Waals surface area contributed by atoms with E-state index in [0.29, 0.717) is 12.4 Å². The number of nitrogens with two attached hydrogens (primary N) is 1. The number of hydrogen-bond donors (Lipinski definition) is 1. The van der Waals surface area contributed by atoms with Crippen molar-refractivity contribution in [3.05, 3.63) is 30.4 Å². The second-order valence-corrected chi connectivity index (χ2v) is 3.80. The zero-order valence-electron chi connectivity index (χ0n) is 8.87. The fourth-order valence-corrected chi connectivity index (χ4v) is 1.46. The summed E-state index contributed by atoms with van der Waals surface area (Å²) < 4.78 is 3.76. The van der Waals surface area contributed by atoms with Crippen LogP contribution >= 0.6 is 12.2 Å². The molecule has 0 aliphatic carbocycles. The molecule has 0 saturated carbocycles. The largest absolute Gasteiger partial charge is 0.387 e. The van der Waals surface area contributed by atoms with Gasteiger partial charge in [0.05, 0.1) is 6.54 Å². The van der Waals surface area contributed by atoms with Gasteiger partial charge in [0.25, 0.3) is 0 Å². The number of nitrogens with zero attached hydrogens (tertiary/aromatic N) is 5. The van der Waals surface area contributed by atoms with Crippen LogP contribution in [0.4, 0.5) is 0 Å². The molecule has 2 aromatic rings. The highest BCUT2D eigenvalue weighted by molar-refractivity contribution is 7.80. The van der Waals surface area contributed by atoms with Crippen molar-refractivity contribution in [2.24, 2.45) is 5.73 Å². The summed E-state index contributed by atoms with van der Waals surface area (Å²) in [7, 11) is 0. The lowest BCUT2D eigenvalue weighted by Crippen LogP contribution is -2.13. The van der Waals surface area contributed by atoms with Gasteiger partial charge < -0.3 is 10.3 Å². The average Bonchev–Trinajstić information content (AvgIpc) is 2.83. The third kappa shape index (κ3) is 2.25. The molecule has 2 aromatic heterocycles. The lowest BCUT2D eigenvalue weighted by molar-refractivity contribution is 0.524. The van der Waals surface area contributed by atoms with E-state index in [1.165, 1.54) is 0 Å². The topological polar surface area (TPSA) is 74.5 Å². The lowest BCUT2D eigenvalue weighted by Gasteiger charge is -2.03. The number of thiocarbonyl (C=S) groups is 1. The van der Waals surface area contributed by atoms with Gasteiger partial charge in [0.15, 0.2) is 0 Å². The highest BCUT2D eigenvalue weighted by Gasteiger charge is 2.03. The minimum atomic E-state index is 0.220. The van der Waals surface area contributed by atoms with Crippen molar-refractivity contribution in [2.45, 2.75) is 20.0 Å². The zero-order valence-corrected chi connectivity index (χ0v) is 9.68. The van der Waals surface area contributed by atoms with Crippen LogP contribution in [0.1, 0.15) is 11.6 Å². The SMILES string of the molecule is Cc1nccn1CCn1cnc(C(N)=S)n1. The van der Waals surface area contributed by atoms with Crippen LogP contribution in [0.25, 0.3) is 0 Å². The maximum Gasteiger partial charge on any atom is 0.208 e. The summed E-state index contributed by atoms with van der Waals surface area (Å²) in [6.45, 7) is 3.47. The summed E-state index contributed by atoms with van der Waals surface area (Å²) >= 11 is 4.78. The Bertz CT molecular complexity index is 500. The fraction of sp³-hybridized carbons (Fsp3) is 0.333. The highest BCUT2D eigenvalue weighted by Crippen LogP contribution is 1.97. The average molecular weight is 236 g/mol. The predicted molar refractivity (Wildman–Crippen MR) is 62.9 cm³/mol. The number of aromatic nitrogens is 5. The van der Waals surface area contributed by atoms with Gasteiger partial charge in [0, 0.05) is 18.9 Å². The molecule has 2 N–H and O–H groups in total. The van der Waals surface area contributed by atoms with E-state index < -0.39 is 0 Å². The van der Waals surface area contributed by atoms with Crippen molar-refractivity contribution in [1.29, 1.82) is 0 Å². The second kappa shape index (κ2) is 4.40. The number of aryl methyl sites for hydroxylation is 3. The molecule has 0 aliphatic rings. The van der Waals surface area contributed by atoms with E-state index in [1.54, 1.807) is 17.2 Å². The molecule has 0 aliphatic heterocycles. The third-order valence-corrected chi connectivity index (χ3v) is 2.43. The van der Waals surface area contributed by atoms with Crippen LogP contribution in [0.2, 0.25) is 0 Å². The van der Waals surface area contributed by atoms with Gasteiger partial charge in [-0.05, 0) is 6.92 Å². The molecule has 2 rings (SSSR count). The van der Waals surface area contributed by atoms with Gasteiger partial charge in [-0.3, -0.25) is 4.68 Å². The molecule has 0 bridgehead atoms. The predicted octanol–water partition coefficient (Wildman–Crippen LogP) is 0.117. The first-order valence-corrected chi connectivity index (χ1v) is 5.24. The van der Waals surface area contributed by atoms with Crippen LogP contribution in [-0.4, -0.2) is 29.3 Å². The Hall–Kier alpha value is -1.76. The highest BCUT2D eigenvalue weighted by atomic mass is 32.1. The van der Waals surface area contributed by atoms with E-state index in [2.05, 4.69) is 15.1 Å². The molecule has 0 atom stereocenters. The van der Waals surface area contributed by atoms with Crippen LogP contribution in [-0.2, 0) is 13.1 Å². The fourth-order valence-electron chi connectivity index (χ4n) is 1.37. The molecule has 6 nitrogen and oxygen atoms in total. The van der Waals surface area contributed by atoms with Crippen molar-refractivity contribution in [3.63, 3.8) is 0 Å². The van der Waals surface area contributed by atoms with Crippen molar-refractivity contribution < 1.29 is 0 Å². The van der Waals surface area contributed by atoms with Crippen molar-refractivity contribution in [2.75, 3.05) is 0 Å². The molecule has 84 valence electrons. The van der Waals surface area contributed by atoms with Gasteiger partial charge in [0.1, 0.15) is 17.1 Å². The summed E-state index contributed by atoms with van der Waals surface area (Å²) in [6, 6.07) is 0. The van der Waals surface area contributed by atoms with E-state index in [0.717, 1.165) is 12.4 Å². The third-order valence-electron chi connectivity index (χ3n) is 2.25. The molecule has 0 aromatic carbocycles. The molecule has 0 spiro atoms. The Morgan fingerprint density at radius 1 is 1.44 bits per heavy atom. The lowest BCUT2D eigenvalue weighted by atomic mass is 10.5. The summed E-state index contributed by atoms with van der Waals surface area (Å²) in [5, 5.41) is 4.14. The van der Waals surface area contributed by atoms with Crippen molar-refractivity contribution >= 4 is 17.2 Å². The Balaban J connectivity index is 2.00. The smallest absolute Gasteiger partial charge is 0.208 e. The molecular weight excluding hydrogens is 224 g/mol. The first kappa shape index (κ1) is 10.7. The van der Waals surface area contributed by atoms with Gasteiger partial charge in [-0.25, -0.2) is 9.97 Å². The maximum absolute atomic E-state index is 5.42. The van der Waals surface area contributed by atoms with E-state index >= 15 is 0 Å². The van der Waals surface area contributed by atoms with Gasteiger partial charge in [0.2, 0.25) is 5.82 Å². The zero-order chi connectivity index (χ0) is 11.5. The molecule has 2 heterocycles. The van der Waals surface area contributed by atoms with Crippen LogP contribution < -0.4 is 5.73 Å². The van der Waals surface area contributed by atoms with E-state index in [4.69, 9.17) is 18.0 Å². The minimum Gasteiger partial charge on any atom is -0.387 e. The first-order valence-electron chi connectivity index (χ1n) is 4.84. The Morgan fingerprint density at radius 2 is 2.25 bits per heavy atom. The molecule has 0 radical (unpaired) electrons. The molecule has 0 fully saturated rings.